The first-order valence-corrected chi connectivity index (χ1v) is 6.31. The van der Waals surface area contributed by atoms with Crippen LogP contribution in [0.25, 0.3) is 0 Å². The fraction of sp³-hybridized carbons (Fsp3) is 0.429. The average molecular weight is 261 g/mol. The molecule has 0 aliphatic carbocycles. The predicted molar refractivity (Wildman–Crippen MR) is 79.4 cm³/mol. The summed E-state index contributed by atoms with van der Waals surface area (Å²) in [5.74, 6) is 0. The van der Waals surface area contributed by atoms with Crippen molar-refractivity contribution in [2.75, 3.05) is 5.32 Å². The molecule has 0 aliphatic rings. The molecule has 1 atom stereocenters. The van der Waals surface area contributed by atoms with Crippen molar-refractivity contribution in [2.24, 2.45) is 5.41 Å². The van der Waals surface area contributed by atoms with Crippen molar-refractivity contribution in [3.63, 3.8) is 0 Å². The first-order valence-electron chi connectivity index (χ1n) is 5.90. The largest absolute Gasteiger partial charge is 0.359 e. The Morgan fingerprint density at radius 3 is 2.28 bits per heavy atom. The average Bonchev–Trinajstić information content (AvgIpc) is 2.28. The molecule has 0 heterocycles. The standard InChI is InChI=1S/C14H19N3S/c1-10(14(2,3)4)16-13(18)17-12-7-5-11(9-15)6-8-12/h5-8,10H,1-4H3,(H2,16,17,18). The molecule has 4 heteroatoms. The zero-order valence-electron chi connectivity index (χ0n) is 11.2. The van der Waals surface area contributed by atoms with Crippen molar-refractivity contribution in [3.8, 4) is 6.07 Å². The number of rotatable bonds is 2. The lowest BCUT2D eigenvalue weighted by Crippen LogP contribution is -2.43. The first-order chi connectivity index (χ1) is 8.32. The second-order valence-electron chi connectivity index (χ2n) is 5.38. The van der Waals surface area contributed by atoms with Gasteiger partial charge in [-0.25, -0.2) is 0 Å². The Bertz CT molecular complexity index is 451. The summed E-state index contributed by atoms with van der Waals surface area (Å²) in [6.07, 6.45) is 0. The number of anilines is 1. The van der Waals surface area contributed by atoms with E-state index in [1.165, 1.54) is 0 Å². The normalized spacial score (nSPS) is 12.4. The van der Waals surface area contributed by atoms with Gasteiger partial charge in [0.05, 0.1) is 11.6 Å². The molecule has 0 spiro atoms. The van der Waals surface area contributed by atoms with Crippen molar-refractivity contribution in [1.82, 2.24) is 5.32 Å². The van der Waals surface area contributed by atoms with Gasteiger partial charge in [0.25, 0.3) is 0 Å². The van der Waals surface area contributed by atoms with Crippen LogP contribution in [-0.4, -0.2) is 11.2 Å². The van der Waals surface area contributed by atoms with Gasteiger partial charge < -0.3 is 10.6 Å². The molecule has 0 saturated heterocycles. The zero-order valence-corrected chi connectivity index (χ0v) is 12.1. The highest BCUT2D eigenvalue weighted by Crippen LogP contribution is 2.18. The summed E-state index contributed by atoms with van der Waals surface area (Å²) in [5, 5.41) is 15.7. The Balaban J connectivity index is 2.57. The lowest BCUT2D eigenvalue weighted by Gasteiger charge is -2.29. The Hall–Kier alpha value is -1.60. The number of nitriles is 1. The molecule has 18 heavy (non-hydrogen) atoms. The van der Waals surface area contributed by atoms with Gasteiger partial charge in [0.15, 0.2) is 5.11 Å². The summed E-state index contributed by atoms with van der Waals surface area (Å²) in [5.41, 5.74) is 1.67. The maximum atomic E-state index is 8.71. The highest BCUT2D eigenvalue weighted by atomic mass is 32.1. The van der Waals surface area contributed by atoms with Crippen LogP contribution in [-0.2, 0) is 0 Å². The smallest absolute Gasteiger partial charge is 0.171 e. The number of nitrogens with one attached hydrogen (secondary N) is 2. The third kappa shape index (κ3) is 4.34. The van der Waals surface area contributed by atoms with E-state index in [0.717, 1.165) is 5.69 Å². The second-order valence-corrected chi connectivity index (χ2v) is 5.78. The molecule has 0 saturated carbocycles. The van der Waals surface area contributed by atoms with E-state index in [2.05, 4.69) is 44.4 Å². The van der Waals surface area contributed by atoms with Gasteiger partial charge in [-0.1, -0.05) is 20.8 Å². The van der Waals surface area contributed by atoms with Crippen LogP contribution in [0.4, 0.5) is 5.69 Å². The van der Waals surface area contributed by atoms with Gasteiger partial charge >= 0.3 is 0 Å². The summed E-state index contributed by atoms with van der Waals surface area (Å²) >= 11 is 5.26. The Labute approximate surface area is 114 Å². The van der Waals surface area contributed by atoms with Crippen LogP contribution in [0, 0.1) is 16.7 Å². The van der Waals surface area contributed by atoms with Gasteiger partial charge in [-0.2, -0.15) is 5.26 Å². The highest BCUT2D eigenvalue weighted by Gasteiger charge is 2.20. The van der Waals surface area contributed by atoms with E-state index < -0.39 is 0 Å². The van der Waals surface area contributed by atoms with Crippen molar-refractivity contribution in [1.29, 1.82) is 5.26 Å². The summed E-state index contributed by atoms with van der Waals surface area (Å²) in [6.45, 7) is 8.59. The van der Waals surface area contributed by atoms with Gasteiger partial charge in [-0.05, 0) is 48.8 Å². The van der Waals surface area contributed by atoms with Crippen molar-refractivity contribution < 1.29 is 0 Å². The minimum absolute atomic E-state index is 0.149. The molecule has 0 amide bonds. The third-order valence-electron chi connectivity index (χ3n) is 2.92. The van der Waals surface area contributed by atoms with Crippen LogP contribution in [0.3, 0.4) is 0 Å². The second kappa shape index (κ2) is 5.83. The van der Waals surface area contributed by atoms with Gasteiger partial charge in [0.2, 0.25) is 0 Å². The topological polar surface area (TPSA) is 47.8 Å². The van der Waals surface area contributed by atoms with Gasteiger partial charge in [0.1, 0.15) is 0 Å². The van der Waals surface area contributed by atoms with E-state index in [-0.39, 0.29) is 11.5 Å². The summed E-state index contributed by atoms with van der Waals surface area (Å²) < 4.78 is 0. The summed E-state index contributed by atoms with van der Waals surface area (Å²) in [6, 6.07) is 9.56. The number of hydrogen-bond acceptors (Lipinski definition) is 2. The Kier molecular flexibility index (Phi) is 4.69. The highest BCUT2D eigenvalue weighted by molar-refractivity contribution is 7.80. The Morgan fingerprint density at radius 1 is 1.28 bits per heavy atom. The molecule has 3 nitrogen and oxygen atoms in total. The molecule has 1 rings (SSSR count). The summed E-state index contributed by atoms with van der Waals surface area (Å²) in [4.78, 5) is 0. The van der Waals surface area contributed by atoms with E-state index >= 15 is 0 Å². The van der Waals surface area contributed by atoms with Crippen molar-refractivity contribution >= 4 is 23.0 Å². The van der Waals surface area contributed by atoms with Crippen LogP contribution < -0.4 is 10.6 Å². The quantitative estimate of drug-likeness (QED) is 0.802. The lowest BCUT2D eigenvalue weighted by atomic mass is 9.88. The van der Waals surface area contributed by atoms with E-state index in [1.807, 2.05) is 12.1 Å². The number of nitrogens with zero attached hydrogens (tertiary/aromatic N) is 1. The number of thiocarbonyl (C=S) groups is 1. The van der Waals surface area contributed by atoms with Crippen LogP contribution in [0.2, 0.25) is 0 Å². The monoisotopic (exact) mass is 261 g/mol. The van der Waals surface area contributed by atoms with E-state index in [9.17, 15) is 0 Å². The van der Waals surface area contributed by atoms with Crippen LogP contribution >= 0.6 is 12.2 Å². The molecule has 2 N–H and O–H groups in total. The van der Waals surface area contributed by atoms with Crippen molar-refractivity contribution in [2.45, 2.75) is 33.7 Å². The fourth-order valence-corrected chi connectivity index (χ4v) is 1.50. The number of benzene rings is 1. The molecule has 0 fully saturated rings. The molecule has 0 bridgehead atoms. The SMILES string of the molecule is CC(NC(=S)Nc1ccc(C#N)cc1)C(C)(C)C. The van der Waals surface area contributed by atoms with E-state index in [0.29, 0.717) is 10.7 Å². The molecule has 1 aromatic carbocycles. The molecular formula is C14H19N3S. The van der Waals surface area contributed by atoms with E-state index in [4.69, 9.17) is 17.5 Å². The summed E-state index contributed by atoms with van der Waals surface area (Å²) in [7, 11) is 0. The minimum Gasteiger partial charge on any atom is -0.359 e. The minimum atomic E-state index is 0.149. The van der Waals surface area contributed by atoms with Gasteiger partial charge in [-0.3, -0.25) is 0 Å². The van der Waals surface area contributed by atoms with Crippen molar-refractivity contribution in [3.05, 3.63) is 29.8 Å². The van der Waals surface area contributed by atoms with Crippen LogP contribution in [0.1, 0.15) is 33.3 Å². The maximum Gasteiger partial charge on any atom is 0.171 e. The van der Waals surface area contributed by atoms with E-state index in [1.54, 1.807) is 12.1 Å². The number of hydrogen-bond donors (Lipinski definition) is 2. The molecule has 0 aromatic heterocycles. The fourth-order valence-electron chi connectivity index (χ4n) is 1.21. The molecule has 0 radical (unpaired) electrons. The maximum absolute atomic E-state index is 8.71. The predicted octanol–water partition coefficient (Wildman–Crippen LogP) is 3.28. The van der Waals surface area contributed by atoms with Gasteiger partial charge in [0, 0.05) is 11.7 Å². The van der Waals surface area contributed by atoms with Crippen LogP contribution in [0.5, 0.6) is 0 Å². The molecule has 96 valence electrons. The molecule has 1 aromatic rings. The molecular weight excluding hydrogens is 242 g/mol. The third-order valence-corrected chi connectivity index (χ3v) is 3.14. The zero-order chi connectivity index (χ0) is 13.8. The lowest BCUT2D eigenvalue weighted by molar-refractivity contribution is 0.317. The van der Waals surface area contributed by atoms with Crippen LogP contribution in [0.15, 0.2) is 24.3 Å². The Morgan fingerprint density at radius 2 is 1.83 bits per heavy atom. The first kappa shape index (κ1) is 14.5. The molecule has 1 unspecified atom stereocenters. The molecule has 0 aliphatic heterocycles. The van der Waals surface area contributed by atoms with Gasteiger partial charge in [-0.15, -0.1) is 0 Å².